The Labute approximate surface area is 124 Å². The summed E-state index contributed by atoms with van der Waals surface area (Å²) in [6.45, 7) is 3.42. The summed E-state index contributed by atoms with van der Waals surface area (Å²) >= 11 is 0. The standard InChI is InChI=1S/C11H16NO7PS/c1-8(2)17-11(13)9-6-4-5-7-10(9)18-19-20-21(14,15)12-16-3/h4-8,12,20H,1-3H3. The lowest BCUT2D eigenvalue weighted by Crippen LogP contribution is -2.18. The molecule has 1 atom stereocenters. The van der Waals surface area contributed by atoms with E-state index in [1.807, 2.05) is 0 Å². The third kappa shape index (κ3) is 6.36. The Bertz CT molecular complexity index is 576. The molecule has 1 N–H and O–H groups in total. The van der Waals surface area contributed by atoms with E-state index in [4.69, 9.17) is 9.62 Å². The molecule has 0 amide bonds. The van der Waals surface area contributed by atoms with Gasteiger partial charge in [-0.15, -0.1) is 0 Å². The van der Waals surface area contributed by atoms with Gasteiger partial charge in [0.15, 0.2) is 5.75 Å². The molecule has 1 aromatic rings. The first-order valence-electron chi connectivity index (χ1n) is 5.80. The van der Waals surface area contributed by atoms with E-state index in [2.05, 4.69) is 9.51 Å². The zero-order valence-corrected chi connectivity index (χ0v) is 13.5. The summed E-state index contributed by atoms with van der Waals surface area (Å²) < 4.78 is 32.2. The first-order chi connectivity index (χ1) is 9.85. The highest BCUT2D eigenvalue weighted by Gasteiger charge is 2.17. The molecule has 1 aromatic carbocycles. The van der Waals surface area contributed by atoms with Crippen molar-refractivity contribution in [2.45, 2.75) is 20.0 Å². The Morgan fingerprint density at radius 3 is 2.57 bits per heavy atom. The molecule has 1 unspecified atom stereocenters. The monoisotopic (exact) mass is 337 g/mol. The second kappa shape index (κ2) is 8.26. The molecule has 0 radical (unpaired) electrons. The fourth-order valence-electron chi connectivity index (χ4n) is 1.22. The lowest BCUT2D eigenvalue weighted by molar-refractivity contribution is -0.0827. The third-order valence-electron chi connectivity index (χ3n) is 1.92. The van der Waals surface area contributed by atoms with Crippen molar-refractivity contribution in [1.82, 2.24) is 4.89 Å². The van der Waals surface area contributed by atoms with Gasteiger partial charge in [-0.25, -0.2) is 13.2 Å². The first-order valence-corrected chi connectivity index (χ1v) is 8.92. The van der Waals surface area contributed by atoms with Gasteiger partial charge in [-0.1, -0.05) is 17.0 Å². The van der Waals surface area contributed by atoms with Gasteiger partial charge < -0.3 is 9.62 Å². The van der Waals surface area contributed by atoms with Crippen molar-refractivity contribution >= 4 is 23.6 Å². The van der Waals surface area contributed by atoms with Crippen LogP contribution in [0.1, 0.15) is 24.2 Å². The maximum Gasteiger partial charge on any atom is 0.342 e. The minimum absolute atomic E-state index is 0.0586. The van der Waals surface area contributed by atoms with Gasteiger partial charge in [0.1, 0.15) is 5.56 Å². The molecule has 8 nitrogen and oxygen atoms in total. The van der Waals surface area contributed by atoms with Crippen LogP contribution in [0.25, 0.3) is 0 Å². The van der Waals surface area contributed by atoms with Crippen molar-refractivity contribution in [3.05, 3.63) is 29.8 Å². The number of carbonyl (C=O) groups excluding carboxylic acids is 1. The van der Waals surface area contributed by atoms with Crippen molar-refractivity contribution in [1.29, 1.82) is 0 Å². The van der Waals surface area contributed by atoms with Gasteiger partial charge in [-0.3, -0.25) is 4.84 Å². The van der Waals surface area contributed by atoms with E-state index in [0.717, 1.165) is 7.11 Å². The highest BCUT2D eigenvalue weighted by atomic mass is 32.8. The SMILES string of the molecule is CONS(=O)(=O)POOc1ccccc1C(=O)OC(C)C. The zero-order chi connectivity index (χ0) is 15.9. The summed E-state index contributed by atoms with van der Waals surface area (Å²) in [5.74, 6) is -0.534. The van der Waals surface area contributed by atoms with Gasteiger partial charge in [-0.2, -0.15) is 4.67 Å². The second-order valence-corrected chi connectivity index (χ2v) is 7.61. The molecule has 0 heterocycles. The Morgan fingerprint density at radius 2 is 1.95 bits per heavy atom. The van der Waals surface area contributed by atoms with Crippen LogP contribution in [-0.2, 0) is 23.9 Å². The molecule has 1 rings (SSSR count). The van der Waals surface area contributed by atoms with E-state index in [0.29, 0.717) is 0 Å². The van der Waals surface area contributed by atoms with Gasteiger partial charge >= 0.3 is 5.97 Å². The van der Waals surface area contributed by atoms with Crippen LogP contribution < -0.4 is 9.77 Å². The molecular formula is C11H16NO7PS. The molecule has 0 spiro atoms. The van der Waals surface area contributed by atoms with Gasteiger partial charge in [0.2, 0.25) is 8.01 Å². The summed E-state index contributed by atoms with van der Waals surface area (Å²) in [5, 5.41) is 0. The highest BCUT2D eigenvalue weighted by Crippen LogP contribution is 2.26. The quantitative estimate of drug-likeness (QED) is 0.332. The van der Waals surface area contributed by atoms with Gasteiger partial charge in [-0.05, 0) is 26.0 Å². The van der Waals surface area contributed by atoms with Crippen molar-refractivity contribution < 1.29 is 32.3 Å². The topological polar surface area (TPSA) is 100 Å². The molecule has 0 aromatic heterocycles. The van der Waals surface area contributed by atoms with Crippen molar-refractivity contribution in [3.63, 3.8) is 0 Å². The molecule has 0 bridgehead atoms. The van der Waals surface area contributed by atoms with Gasteiger partial charge in [0.25, 0.3) is 9.64 Å². The fraction of sp³-hybridized carbons (Fsp3) is 0.364. The largest absolute Gasteiger partial charge is 0.459 e. The molecule has 0 fully saturated rings. The molecule has 10 heteroatoms. The number of para-hydroxylation sites is 1. The summed E-state index contributed by atoms with van der Waals surface area (Å²) in [7, 11) is -3.67. The number of ether oxygens (including phenoxy) is 1. The predicted octanol–water partition coefficient (Wildman–Crippen LogP) is 1.55. The summed E-state index contributed by atoms with van der Waals surface area (Å²) in [5.41, 5.74) is 0.132. The average Bonchev–Trinajstić information content (AvgIpc) is 2.38. The Balaban J connectivity index is 2.70. The Hall–Kier alpha value is -1.25. The lowest BCUT2D eigenvalue weighted by Gasteiger charge is -2.11. The minimum atomic E-state index is -3.76. The van der Waals surface area contributed by atoms with Crippen LogP contribution in [0, 0.1) is 0 Å². The van der Waals surface area contributed by atoms with E-state index in [9.17, 15) is 13.2 Å². The maximum absolute atomic E-state index is 11.8. The van der Waals surface area contributed by atoms with Crippen LogP contribution in [0.2, 0.25) is 0 Å². The Kier molecular flexibility index (Phi) is 7.00. The molecular weight excluding hydrogens is 321 g/mol. The minimum Gasteiger partial charge on any atom is -0.459 e. The van der Waals surface area contributed by atoms with Crippen molar-refractivity contribution in [2.24, 2.45) is 0 Å². The van der Waals surface area contributed by atoms with E-state index in [1.54, 1.807) is 30.9 Å². The Morgan fingerprint density at radius 1 is 1.29 bits per heavy atom. The fourth-order valence-corrected chi connectivity index (χ4v) is 2.41. The average molecular weight is 337 g/mol. The highest BCUT2D eigenvalue weighted by molar-refractivity contribution is 8.40. The summed E-state index contributed by atoms with van der Waals surface area (Å²) in [6.07, 6.45) is -0.292. The zero-order valence-electron chi connectivity index (χ0n) is 11.7. The normalized spacial score (nSPS) is 12.0. The maximum atomic E-state index is 11.8. The van der Waals surface area contributed by atoms with Crippen molar-refractivity contribution in [3.8, 4) is 5.75 Å². The lowest BCUT2D eigenvalue weighted by atomic mass is 10.2. The van der Waals surface area contributed by atoms with Crippen molar-refractivity contribution in [2.75, 3.05) is 7.11 Å². The van der Waals surface area contributed by atoms with Gasteiger partial charge in [0.05, 0.1) is 13.2 Å². The molecule has 0 aliphatic rings. The van der Waals surface area contributed by atoms with E-state index in [-0.39, 0.29) is 17.4 Å². The number of benzene rings is 1. The molecule has 0 saturated carbocycles. The van der Waals surface area contributed by atoms with E-state index >= 15 is 0 Å². The summed E-state index contributed by atoms with van der Waals surface area (Å²) in [4.78, 5) is 22.7. The third-order valence-corrected chi connectivity index (χ3v) is 3.79. The predicted molar refractivity (Wildman–Crippen MR) is 76.1 cm³/mol. The van der Waals surface area contributed by atoms with Crippen LogP contribution >= 0.6 is 8.01 Å². The number of nitrogens with one attached hydrogen (secondary N) is 1. The number of esters is 1. The smallest absolute Gasteiger partial charge is 0.342 e. The van der Waals surface area contributed by atoms with Crippen LogP contribution in [0.15, 0.2) is 24.3 Å². The van der Waals surface area contributed by atoms with Gasteiger partial charge in [0, 0.05) is 0 Å². The summed E-state index contributed by atoms with van der Waals surface area (Å²) in [6, 6.07) is 6.16. The number of rotatable bonds is 8. The first kappa shape index (κ1) is 17.8. The van der Waals surface area contributed by atoms with Crippen LogP contribution in [-0.4, -0.2) is 27.6 Å². The van der Waals surface area contributed by atoms with E-state index in [1.165, 1.54) is 12.1 Å². The molecule has 118 valence electrons. The molecule has 0 saturated heterocycles. The number of carbonyl (C=O) groups is 1. The molecule has 0 aliphatic carbocycles. The van der Waals surface area contributed by atoms with Crippen LogP contribution in [0.5, 0.6) is 5.75 Å². The second-order valence-electron chi connectivity index (χ2n) is 3.99. The van der Waals surface area contributed by atoms with Crippen LogP contribution in [0.3, 0.4) is 0 Å². The molecule has 0 aliphatic heterocycles. The number of hydrogen-bond acceptors (Lipinski definition) is 7. The van der Waals surface area contributed by atoms with Crippen LogP contribution in [0.4, 0.5) is 0 Å². The van der Waals surface area contributed by atoms with E-state index < -0.39 is 23.6 Å². The molecule has 21 heavy (non-hydrogen) atoms. The number of hydrogen-bond donors (Lipinski definition) is 1.